The molecule has 0 aliphatic heterocycles. The molecular weight excluding hydrogens is 334 g/mol. The maximum absolute atomic E-state index is 12.4. The molecule has 0 spiro atoms. The lowest BCUT2D eigenvalue weighted by Gasteiger charge is -2.07. The zero-order chi connectivity index (χ0) is 17.2. The Morgan fingerprint density at radius 1 is 1.17 bits per heavy atom. The third-order valence-corrected chi connectivity index (χ3v) is 4.91. The summed E-state index contributed by atoms with van der Waals surface area (Å²) < 4.78 is 31.8. The minimum atomic E-state index is -3.78. The van der Waals surface area contributed by atoms with Crippen molar-refractivity contribution < 1.29 is 22.9 Å². The Bertz CT molecular complexity index is 997. The second-order valence-corrected chi connectivity index (χ2v) is 6.78. The molecule has 0 fully saturated rings. The molecule has 2 aromatic carbocycles. The quantitative estimate of drug-likeness (QED) is 0.691. The van der Waals surface area contributed by atoms with Crippen molar-refractivity contribution in [3.63, 3.8) is 0 Å². The normalized spacial score (nSPS) is 11.7. The van der Waals surface area contributed by atoms with E-state index >= 15 is 0 Å². The topological polar surface area (TPSA) is 122 Å². The minimum absolute atomic E-state index is 0.0134. The first-order valence-electron chi connectivity index (χ1n) is 7.00. The fraction of sp³-hybridized carbons (Fsp3) is 0.133. The highest BCUT2D eigenvalue weighted by Gasteiger charge is 2.19. The van der Waals surface area contributed by atoms with Gasteiger partial charge in [0.25, 0.3) is 0 Å². The molecule has 8 nitrogen and oxygen atoms in total. The Balaban J connectivity index is 1.73. The number of nitrogens with one attached hydrogen (secondary N) is 1. The van der Waals surface area contributed by atoms with Gasteiger partial charge in [0.05, 0.1) is 5.56 Å². The van der Waals surface area contributed by atoms with Gasteiger partial charge in [-0.2, -0.15) is 0 Å². The van der Waals surface area contributed by atoms with Gasteiger partial charge in [0.2, 0.25) is 10.0 Å². The van der Waals surface area contributed by atoms with E-state index in [1.54, 1.807) is 24.3 Å². The summed E-state index contributed by atoms with van der Waals surface area (Å²) in [6.45, 7) is 0.118. The van der Waals surface area contributed by atoms with Crippen molar-refractivity contribution in [2.75, 3.05) is 6.54 Å². The first-order valence-corrected chi connectivity index (χ1v) is 8.49. The Hall–Kier alpha value is -2.78. The lowest BCUT2D eigenvalue weighted by molar-refractivity contribution is 0.0696. The average Bonchev–Trinajstić information content (AvgIpc) is 3.03. The van der Waals surface area contributed by atoms with Crippen LogP contribution in [0.4, 0.5) is 0 Å². The number of carbonyl (C=O) groups is 1. The predicted molar refractivity (Wildman–Crippen MR) is 84.1 cm³/mol. The highest BCUT2D eigenvalue weighted by molar-refractivity contribution is 7.89. The maximum atomic E-state index is 12.4. The van der Waals surface area contributed by atoms with Gasteiger partial charge in [-0.15, -0.1) is 0 Å². The molecule has 2 N–H and O–H groups in total. The van der Waals surface area contributed by atoms with Crippen molar-refractivity contribution in [2.45, 2.75) is 11.3 Å². The van der Waals surface area contributed by atoms with Gasteiger partial charge in [-0.05, 0) is 46.6 Å². The van der Waals surface area contributed by atoms with Crippen LogP contribution in [-0.2, 0) is 16.4 Å². The molecule has 3 aromatic rings. The van der Waals surface area contributed by atoms with E-state index in [1.807, 2.05) is 0 Å². The lowest BCUT2D eigenvalue weighted by Crippen LogP contribution is -2.26. The molecule has 0 bridgehead atoms. The van der Waals surface area contributed by atoms with Crippen LogP contribution >= 0.6 is 0 Å². The van der Waals surface area contributed by atoms with Gasteiger partial charge in [-0.1, -0.05) is 18.2 Å². The SMILES string of the molecule is O=C(O)c1cccc(CCNS(=O)(=O)c2cccc3nonc23)c1. The van der Waals surface area contributed by atoms with Crippen molar-refractivity contribution in [3.8, 4) is 0 Å². The number of benzene rings is 2. The van der Waals surface area contributed by atoms with Crippen molar-refractivity contribution >= 4 is 27.0 Å². The Kier molecular flexibility index (Phi) is 4.28. The first kappa shape index (κ1) is 16.1. The molecule has 24 heavy (non-hydrogen) atoms. The molecule has 0 saturated carbocycles. The summed E-state index contributed by atoms with van der Waals surface area (Å²) >= 11 is 0. The van der Waals surface area contributed by atoms with Gasteiger partial charge in [-0.3, -0.25) is 0 Å². The first-order chi connectivity index (χ1) is 11.5. The molecule has 1 heterocycles. The number of rotatable bonds is 6. The number of nitrogens with zero attached hydrogens (tertiary/aromatic N) is 2. The summed E-state index contributed by atoms with van der Waals surface area (Å²) in [5, 5.41) is 16.2. The summed E-state index contributed by atoms with van der Waals surface area (Å²) in [7, 11) is -3.78. The van der Waals surface area contributed by atoms with Crippen molar-refractivity contribution in [1.29, 1.82) is 0 Å². The van der Waals surface area contributed by atoms with Crippen LogP contribution in [0.3, 0.4) is 0 Å². The average molecular weight is 347 g/mol. The van der Waals surface area contributed by atoms with Gasteiger partial charge in [0, 0.05) is 6.54 Å². The lowest BCUT2D eigenvalue weighted by atomic mass is 10.1. The minimum Gasteiger partial charge on any atom is -0.478 e. The van der Waals surface area contributed by atoms with Crippen LogP contribution < -0.4 is 4.72 Å². The monoisotopic (exact) mass is 347 g/mol. The maximum Gasteiger partial charge on any atom is 0.335 e. The molecule has 0 unspecified atom stereocenters. The molecular formula is C15H13N3O5S. The molecule has 0 atom stereocenters. The van der Waals surface area contributed by atoms with Gasteiger partial charge in [-0.25, -0.2) is 22.6 Å². The predicted octanol–water partition coefficient (Wildman–Crippen LogP) is 1.44. The Morgan fingerprint density at radius 2 is 1.96 bits per heavy atom. The third kappa shape index (κ3) is 3.26. The molecule has 1 aromatic heterocycles. The van der Waals surface area contributed by atoms with E-state index in [0.29, 0.717) is 11.9 Å². The fourth-order valence-corrected chi connectivity index (χ4v) is 3.45. The molecule has 0 saturated heterocycles. The van der Waals surface area contributed by atoms with Crippen LogP contribution in [0.1, 0.15) is 15.9 Å². The molecule has 3 rings (SSSR count). The molecule has 9 heteroatoms. The van der Waals surface area contributed by atoms with E-state index in [0.717, 1.165) is 5.56 Å². The fourth-order valence-electron chi connectivity index (χ4n) is 2.27. The number of aromatic carboxylic acids is 1. The van der Waals surface area contributed by atoms with E-state index < -0.39 is 16.0 Å². The number of fused-ring (bicyclic) bond motifs is 1. The summed E-state index contributed by atoms with van der Waals surface area (Å²) in [5.41, 5.74) is 1.40. The van der Waals surface area contributed by atoms with Crippen LogP contribution in [0, 0.1) is 0 Å². The van der Waals surface area contributed by atoms with Crippen molar-refractivity contribution in [2.24, 2.45) is 0 Å². The van der Waals surface area contributed by atoms with E-state index in [2.05, 4.69) is 19.7 Å². The number of carboxylic acid groups (broad SMARTS) is 1. The van der Waals surface area contributed by atoms with Gasteiger partial charge >= 0.3 is 5.97 Å². The van der Waals surface area contributed by atoms with Crippen molar-refractivity contribution in [1.82, 2.24) is 15.0 Å². The zero-order valence-corrected chi connectivity index (χ0v) is 13.2. The highest BCUT2D eigenvalue weighted by atomic mass is 32.2. The standard InChI is InChI=1S/C15H13N3O5S/c19-15(20)11-4-1-3-10(9-11)7-8-16-24(21,22)13-6-2-5-12-14(13)18-23-17-12/h1-6,9,16H,7-8H2,(H,19,20). The number of aromatic nitrogens is 2. The van der Waals surface area contributed by atoms with Crippen molar-refractivity contribution in [3.05, 3.63) is 53.6 Å². The third-order valence-electron chi connectivity index (χ3n) is 3.42. The summed E-state index contributed by atoms with van der Waals surface area (Å²) in [4.78, 5) is 10.9. The highest BCUT2D eigenvalue weighted by Crippen LogP contribution is 2.19. The van der Waals surface area contributed by atoms with Gasteiger partial charge in [0.1, 0.15) is 10.4 Å². The van der Waals surface area contributed by atoms with Gasteiger partial charge in [0.15, 0.2) is 5.52 Å². The summed E-state index contributed by atoms with van der Waals surface area (Å²) in [6, 6.07) is 10.9. The number of hydrogen-bond acceptors (Lipinski definition) is 6. The van der Waals surface area contributed by atoms with E-state index in [9.17, 15) is 13.2 Å². The number of hydrogen-bond donors (Lipinski definition) is 2. The van der Waals surface area contributed by atoms with Crippen LogP contribution in [0.15, 0.2) is 52.0 Å². The largest absolute Gasteiger partial charge is 0.478 e. The van der Waals surface area contributed by atoms with Crippen LogP contribution in [0.2, 0.25) is 0 Å². The number of carboxylic acids is 1. The van der Waals surface area contributed by atoms with E-state index in [-0.39, 0.29) is 22.5 Å². The Morgan fingerprint density at radius 3 is 2.75 bits per heavy atom. The Labute approximate surface area is 137 Å². The molecule has 0 amide bonds. The zero-order valence-electron chi connectivity index (χ0n) is 12.3. The van der Waals surface area contributed by atoms with E-state index in [4.69, 9.17) is 5.11 Å². The van der Waals surface area contributed by atoms with E-state index in [1.165, 1.54) is 18.2 Å². The van der Waals surface area contributed by atoms with Crippen LogP contribution in [0.25, 0.3) is 11.0 Å². The second kappa shape index (κ2) is 6.38. The smallest absolute Gasteiger partial charge is 0.335 e. The van der Waals surface area contributed by atoms with Gasteiger partial charge < -0.3 is 5.11 Å². The van der Waals surface area contributed by atoms with Crippen LogP contribution in [-0.4, -0.2) is 36.4 Å². The molecule has 0 radical (unpaired) electrons. The second-order valence-electron chi connectivity index (χ2n) is 5.04. The number of sulfonamides is 1. The molecule has 0 aliphatic carbocycles. The molecule has 124 valence electrons. The van der Waals surface area contributed by atoms with Crippen LogP contribution in [0.5, 0.6) is 0 Å². The summed E-state index contributed by atoms with van der Waals surface area (Å²) in [6.07, 6.45) is 0.355. The summed E-state index contributed by atoms with van der Waals surface area (Å²) in [5.74, 6) is -1.03. The molecule has 0 aliphatic rings.